The van der Waals surface area contributed by atoms with Crippen LogP contribution in [0.4, 0.5) is 0 Å². The molecule has 1 aliphatic heterocycles. The molecule has 0 aliphatic carbocycles. The van der Waals surface area contributed by atoms with Gasteiger partial charge in [0.05, 0.1) is 18.8 Å². The van der Waals surface area contributed by atoms with Gasteiger partial charge in [-0.05, 0) is 20.3 Å². The number of rotatable bonds is 3. The van der Waals surface area contributed by atoms with E-state index in [1.54, 1.807) is 13.8 Å². The van der Waals surface area contributed by atoms with Crippen molar-refractivity contribution in [2.24, 2.45) is 0 Å². The van der Waals surface area contributed by atoms with Crippen LogP contribution < -0.4 is 0 Å². The van der Waals surface area contributed by atoms with Crippen molar-refractivity contribution >= 4 is 5.97 Å². The summed E-state index contributed by atoms with van der Waals surface area (Å²) in [6.45, 7) is 3.82. The summed E-state index contributed by atoms with van der Waals surface area (Å²) < 4.78 is 10.2. The average molecular weight is 200 g/mol. The van der Waals surface area contributed by atoms with Gasteiger partial charge in [-0.2, -0.15) is 0 Å². The fraction of sp³-hybridized carbons (Fsp3) is 0.700. The van der Waals surface area contributed by atoms with Gasteiger partial charge in [-0.3, -0.25) is 0 Å². The van der Waals surface area contributed by atoms with E-state index in [-0.39, 0.29) is 18.7 Å². The van der Waals surface area contributed by atoms with Gasteiger partial charge in [-0.15, -0.1) is 0 Å². The third kappa shape index (κ3) is 2.48. The maximum absolute atomic E-state index is 11.3. The van der Waals surface area contributed by atoms with Crippen LogP contribution in [-0.2, 0) is 14.3 Å². The highest BCUT2D eigenvalue weighted by Crippen LogP contribution is 2.25. The third-order valence-corrected chi connectivity index (χ3v) is 2.21. The van der Waals surface area contributed by atoms with E-state index < -0.39 is 0 Å². The van der Waals surface area contributed by atoms with Gasteiger partial charge in [-0.1, -0.05) is 0 Å². The predicted octanol–water partition coefficient (Wildman–Crippen LogP) is 0.995. The fourth-order valence-corrected chi connectivity index (χ4v) is 1.37. The molecule has 1 heterocycles. The second-order valence-electron chi connectivity index (χ2n) is 3.23. The molecular formula is C10H16O4. The Hall–Kier alpha value is -1.03. The van der Waals surface area contributed by atoms with Crippen LogP contribution in [0.3, 0.4) is 0 Å². The van der Waals surface area contributed by atoms with Crippen LogP contribution in [0.2, 0.25) is 0 Å². The zero-order chi connectivity index (χ0) is 10.6. The van der Waals surface area contributed by atoms with Gasteiger partial charge in [0.15, 0.2) is 0 Å². The van der Waals surface area contributed by atoms with Crippen molar-refractivity contribution in [1.29, 1.82) is 0 Å². The van der Waals surface area contributed by atoms with Crippen LogP contribution in [0.1, 0.15) is 26.7 Å². The van der Waals surface area contributed by atoms with Crippen LogP contribution in [0.5, 0.6) is 0 Å². The van der Waals surface area contributed by atoms with Gasteiger partial charge in [0.1, 0.15) is 11.9 Å². The summed E-state index contributed by atoms with van der Waals surface area (Å²) in [6, 6.07) is 0. The molecule has 0 aromatic rings. The molecule has 1 saturated heterocycles. The molecule has 80 valence electrons. The summed E-state index contributed by atoms with van der Waals surface area (Å²) in [5.74, 6) is 0.323. The molecule has 1 rings (SSSR count). The first-order chi connectivity index (χ1) is 6.69. The molecule has 0 saturated carbocycles. The molecular weight excluding hydrogens is 184 g/mol. The number of hydrogen-bond donors (Lipinski definition) is 1. The second-order valence-corrected chi connectivity index (χ2v) is 3.23. The Kier molecular flexibility index (Phi) is 3.95. The summed E-state index contributed by atoms with van der Waals surface area (Å²) in [5.41, 5.74) is 0.516. The fourth-order valence-electron chi connectivity index (χ4n) is 1.37. The van der Waals surface area contributed by atoms with E-state index in [1.807, 2.05) is 0 Å². The topological polar surface area (TPSA) is 55.8 Å². The Bertz CT molecular complexity index is 245. The quantitative estimate of drug-likeness (QED) is 0.545. The van der Waals surface area contributed by atoms with Gasteiger partial charge < -0.3 is 14.6 Å². The lowest BCUT2D eigenvalue weighted by Crippen LogP contribution is -2.11. The first kappa shape index (κ1) is 11.0. The third-order valence-electron chi connectivity index (χ3n) is 2.21. The predicted molar refractivity (Wildman–Crippen MR) is 50.5 cm³/mol. The number of carbonyl (C=O) groups is 1. The number of esters is 1. The van der Waals surface area contributed by atoms with Crippen molar-refractivity contribution in [3.8, 4) is 0 Å². The van der Waals surface area contributed by atoms with Crippen LogP contribution in [0.25, 0.3) is 0 Å². The van der Waals surface area contributed by atoms with Crippen LogP contribution in [0.15, 0.2) is 11.3 Å². The van der Waals surface area contributed by atoms with Crippen molar-refractivity contribution in [3.05, 3.63) is 11.3 Å². The van der Waals surface area contributed by atoms with Crippen LogP contribution in [-0.4, -0.2) is 30.4 Å². The summed E-state index contributed by atoms with van der Waals surface area (Å²) in [6.07, 6.45) is 1.31. The number of carbonyl (C=O) groups excluding carboxylic acids is 1. The molecule has 1 atom stereocenters. The second kappa shape index (κ2) is 5.00. The van der Waals surface area contributed by atoms with E-state index in [9.17, 15) is 4.79 Å². The summed E-state index contributed by atoms with van der Waals surface area (Å²) in [4.78, 5) is 11.3. The average Bonchev–Trinajstić information content (AvgIpc) is 2.65. The first-order valence-corrected chi connectivity index (χ1v) is 4.83. The highest BCUT2D eigenvalue weighted by atomic mass is 16.5. The lowest BCUT2D eigenvalue weighted by atomic mass is 10.2. The zero-order valence-corrected chi connectivity index (χ0v) is 8.58. The van der Waals surface area contributed by atoms with Gasteiger partial charge >= 0.3 is 5.97 Å². The summed E-state index contributed by atoms with van der Waals surface area (Å²) in [7, 11) is 0. The maximum atomic E-state index is 11.3. The number of ether oxygens (including phenoxy) is 2. The van der Waals surface area contributed by atoms with Gasteiger partial charge in [0.25, 0.3) is 0 Å². The highest BCUT2D eigenvalue weighted by molar-refractivity contribution is 5.88. The van der Waals surface area contributed by atoms with E-state index in [0.717, 1.165) is 6.42 Å². The molecule has 0 unspecified atom stereocenters. The van der Waals surface area contributed by atoms with Gasteiger partial charge in [0, 0.05) is 6.42 Å². The Morgan fingerprint density at radius 1 is 1.71 bits per heavy atom. The zero-order valence-electron chi connectivity index (χ0n) is 8.58. The first-order valence-electron chi connectivity index (χ1n) is 4.83. The van der Waals surface area contributed by atoms with Crippen molar-refractivity contribution in [3.63, 3.8) is 0 Å². The maximum Gasteiger partial charge on any atom is 0.337 e. The lowest BCUT2D eigenvalue weighted by molar-refractivity contribution is -0.138. The van der Waals surface area contributed by atoms with E-state index in [1.165, 1.54) is 0 Å². The molecule has 14 heavy (non-hydrogen) atoms. The van der Waals surface area contributed by atoms with E-state index in [0.29, 0.717) is 24.4 Å². The van der Waals surface area contributed by atoms with E-state index in [4.69, 9.17) is 14.6 Å². The molecule has 0 aromatic heterocycles. The standard InChI is InChI=1S/C10H16O4/c1-3-13-10(12)7(2)9-5-4-8(6-11)14-9/h8,11H,3-6H2,1-2H3/b9-7-/t8-/m1/s1. The minimum Gasteiger partial charge on any atom is -0.492 e. The van der Waals surface area contributed by atoms with Crippen molar-refractivity contribution in [2.45, 2.75) is 32.8 Å². The Labute approximate surface area is 83.5 Å². The molecule has 4 heteroatoms. The monoisotopic (exact) mass is 200 g/mol. The van der Waals surface area contributed by atoms with Crippen molar-refractivity contribution in [2.75, 3.05) is 13.2 Å². The SMILES string of the molecule is CCOC(=O)/C(C)=C1/CC[C@H](CO)O1. The smallest absolute Gasteiger partial charge is 0.337 e. The summed E-state index contributed by atoms with van der Waals surface area (Å²) in [5, 5.41) is 8.84. The van der Waals surface area contributed by atoms with Crippen molar-refractivity contribution in [1.82, 2.24) is 0 Å². The minimum atomic E-state index is -0.332. The number of hydrogen-bond acceptors (Lipinski definition) is 4. The Morgan fingerprint density at radius 3 is 2.93 bits per heavy atom. The molecule has 0 bridgehead atoms. The normalized spacial score (nSPS) is 24.4. The molecule has 0 spiro atoms. The molecule has 1 aliphatic rings. The molecule has 1 N–H and O–H groups in total. The number of allylic oxidation sites excluding steroid dienone is 1. The molecule has 0 amide bonds. The molecule has 0 radical (unpaired) electrons. The Morgan fingerprint density at radius 2 is 2.43 bits per heavy atom. The lowest BCUT2D eigenvalue weighted by Gasteiger charge is -2.08. The van der Waals surface area contributed by atoms with E-state index >= 15 is 0 Å². The van der Waals surface area contributed by atoms with Gasteiger partial charge in [-0.25, -0.2) is 4.79 Å². The summed E-state index contributed by atoms with van der Waals surface area (Å²) >= 11 is 0. The van der Waals surface area contributed by atoms with Crippen LogP contribution in [0, 0.1) is 0 Å². The molecule has 0 aromatic carbocycles. The van der Waals surface area contributed by atoms with E-state index in [2.05, 4.69) is 0 Å². The van der Waals surface area contributed by atoms with Crippen LogP contribution >= 0.6 is 0 Å². The highest BCUT2D eigenvalue weighted by Gasteiger charge is 2.24. The number of aliphatic hydroxyl groups excluding tert-OH is 1. The van der Waals surface area contributed by atoms with Crippen molar-refractivity contribution < 1.29 is 19.4 Å². The Balaban J connectivity index is 2.61. The number of aliphatic hydroxyl groups is 1. The molecule has 1 fully saturated rings. The molecule has 4 nitrogen and oxygen atoms in total. The largest absolute Gasteiger partial charge is 0.492 e. The minimum absolute atomic E-state index is 0.000391. The van der Waals surface area contributed by atoms with Gasteiger partial charge in [0.2, 0.25) is 0 Å².